The number of likely N-dealkylation sites (tertiary alicyclic amines) is 1. The molecule has 1 heterocycles. The smallest absolute Gasteiger partial charge is 0.0738 e. The van der Waals surface area contributed by atoms with E-state index in [-0.39, 0.29) is 17.6 Å². The summed E-state index contributed by atoms with van der Waals surface area (Å²) in [5.74, 6) is 0. The van der Waals surface area contributed by atoms with Crippen LogP contribution in [-0.4, -0.2) is 35.2 Å². The molecule has 3 aliphatic rings. The van der Waals surface area contributed by atoms with Crippen LogP contribution in [-0.2, 0) is 18.3 Å². The maximum atomic E-state index is 10.8. The summed E-state index contributed by atoms with van der Waals surface area (Å²) in [7, 11) is 0. The topological polar surface area (TPSA) is 23.5 Å². The third-order valence-corrected chi connectivity index (χ3v) is 7.43. The minimum absolute atomic E-state index is 0.188. The Balaban J connectivity index is 1.35. The number of nitrogens with zero attached hydrogens (tertiary/aromatic N) is 1. The van der Waals surface area contributed by atoms with Gasteiger partial charge in [0.2, 0.25) is 0 Å². The maximum Gasteiger partial charge on any atom is 0.0738 e. The Hall–Kier alpha value is -1.42. The second-order valence-corrected chi connectivity index (χ2v) is 8.89. The molecule has 0 radical (unpaired) electrons. The normalized spacial score (nSPS) is 26.7. The molecule has 2 atom stereocenters. The van der Waals surface area contributed by atoms with E-state index in [0.717, 1.165) is 38.8 Å². The Morgan fingerprint density at radius 1 is 0.962 bits per heavy atom. The predicted octanol–water partition coefficient (Wildman–Crippen LogP) is 4.34. The summed E-state index contributed by atoms with van der Waals surface area (Å²) in [6, 6.07) is 15.4. The molecule has 2 aromatic carbocycles. The number of aliphatic hydroxyl groups excluding tert-OH is 1. The van der Waals surface area contributed by atoms with Crippen molar-refractivity contribution < 1.29 is 5.11 Å². The van der Waals surface area contributed by atoms with Crippen LogP contribution in [0.25, 0.3) is 6.08 Å². The molecule has 5 rings (SSSR count). The van der Waals surface area contributed by atoms with E-state index in [1.165, 1.54) is 26.7 Å². The number of piperidine rings is 1. The minimum atomic E-state index is -0.250. The molecular formula is C23H24BrNO. The van der Waals surface area contributed by atoms with E-state index in [1.807, 2.05) is 0 Å². The minimum Gasteiger partial charge on any atom is -0.391 e. The fraction of sp³-hybridized carbons (Fsp3) is 0.391. The van der Waals surface area contributed by atoms with Gasteiger partial charge in [0, 0.05) is 22.4 Å². The number of hydrogen-bond donors (Lipinski definition) is 1. The van der Waals surface area contributed by atoms with Gasteiger partial charge in [-0.25, -0.2) is 0 Å². The van der Waals surface area contributed by atoms with Crippen LogP contribution in [0.3, 0.4) is 0 Å². The number of rotatable bonds is 1. The zero-order chi connectivity index (χ0) is 17.7. The first-order valence-electron chi connectivity index (χ1n) is 9.63. The van der Waals surface area contributed by atoms with Crippen molar-refractivity contribution in [2.75, 3.05) is 13.1 Å². The second-order valence-electron chi connectivity index (χ2n) is 8.04. The Kier molecular flexibility index (Phi) is 4.07. The number of benzene rings is 2. The molecule has 3 heteroatoms. The molecule has 1 spiro atoms. The van der Waals surface area contributed by atoms with E-state index in [4.69, 9.17) is 0 Å². The molecule has 134 valence electrons. The largest absolute Gasteiger partial charge is 0.391 e. The number of aliphatic hydroxyl groups is 1. The van der Waals surface area contributed by atoms with Crippen molar-refractivity contribution in [2.45, 2.75) is 43.2 Å². The van der Waals surface area contributed by atoms with E-state index in [0.29, 0.717) is 0 Å². The first-order valence-corrected chi connectivity index (χ1v) is 10.4. The van der Waals surface area contributed by atoms with Crippen molar-refractivity contribution in [3.63, 3.8) is 0 Å². The van der Waals surface area contributed by atoms with Crippen molar-refractivity contribution in [2.24, 2.45) is 0 Å². The number of hydrogen-bond acceptors (Lipinski definition) is 2. The molecule has 0 aromatic heterocycles. The van der Waals surface area contributed by atoms with Gasteiger partial charge in [-0.1, -0.05) is 64.5 Å². The van der Waals surface area contributed by atoms with Crippen LogP contribution in [0.1, 0.15) is 35.1 Å². The molecule has 0 saturated carbocycles. The van der Waals surface area contributed by atoms with Gasteiger partial charge in [-0.3, -0.25) is 4.90 Å². The van der Waals surface area contributed by atoms with Crippen molar-refractivity contribution in [1.29, 1.82) is 0 Å². The van der Waals surface area contributed by atoms with Gasteiger partial charge >= 0.3 is 0 Å². The maximum absolute atomic E-state index is 10.8. The van der Waals surface area contributed by atoms with Gasteiger partial charge in [-0.15, -0.1) is 0 Å². The van der Waals surface area contributed by atoms with Crippen LogP contribution in [0, 0.1) is 0 Å². The lowest BCUT2D eigenvalue weighted by molar-refractivity contribution is 0.0237. The fourth-order valence-electron chi connectivity index (χ4n) is 5.21. The lowest BCUT2D eigenvalue weighted by Crippen LogP contribution is -2.53. The first-order chi connectivity index (χ1) is 12.7. The lowest BCUT2D eigenvalue weighted by Gasteiger charge is -2.45. The Morgan fingerprint density at radius 3 is 2.46 bits per heavy atom. The molecule has 0 amide bonds. The molecule has 0 bridgehead atoms. The van der Waals surface area contributed by atoms with Crippen molar-refractivity contribution in [3.8, 4) is 0 Å². The zero-order valence-corrected chi connectivity index (χ0v) is 16.5. The van der Waals surface area contributed by atoms with Crippen LogP contribution >= 0.6 is 15.9 Å². The van der Waals surface area contributed by atoms with Crippen LogP contribution in [0.4, 0.5) is 0 Å². The Morgan fingerprint density at radius 2 is 1.69 bits per heavy atom. The summed E-state index contributed by atoms with van der Waals surface area (Å²) < 4.78 is 1.20. The Labute approximate surface area is 163 Å². The van der Waals surface area contributed by atoms with Gasteiger partial charge in [0.15, 0.2) is 0 Å². The highest BCUT2D eigenvalue weighted by atomic mass is 79.9. The van der Waals surface area contributed by atoms with Gasteiger partial charge < -0.3 is 5.11 Å². The molecule has 26 heavy (non-hydrogen) atoms. The molecule has 1 saturated heterocycles. The number of halogens is 1. The number of allylic oxidation sites excluding steroid dienone is 1. The monoisotopic (exact) mass is 409 g/mol. The molecule has 0 unspecified atom stereocenters. The van der Waals surface area contributed by atoms with Gasteiger partial charge in [-0.05, 0) is 60.7 Å². The summed E-state index contributed by atoms with van der Waals surface area (Å²) in [5.41, 5.74) is 5.75. The molecule has 2 nitrogen and oxygen atoms in total. The van der Waals surface area contributed by atoms with E-state index < -0.39 is 0 Å². The van der Waals surface area contributed by atoms with Crippen molar-refractivity contribution in [1.82, 2.24) is 4.90 Å². The SMILES string of the molecule is O[C@@H]1Cc2ccccc2C[C@H]1N1CCC2(C=Cc3c(Br)cccc32)CC1. The molecule has 2 aliphatic carbocycles. The van der Waals surface area contributed by atoms with Crippen LogP contribution in [0.15, 0.2) is 53.0 Å². The average Bonchev–Trinajstić information content (AvgIpc) is 3.02. The van der Waals surface area contributed by atoms with Crippen molar-refractivity contribution >= 4 is 22.0 Å². The van der Waals surface area contributed by atoms with E-state index in [1.54, 1.807) is 0 Å². The highest BCUT2D eigenvalue weighted by Gasteiger charge is 2.41. The van der Waals surface area contributed by atoms with Gasteiger partial charge in [-0.2, -0.15) is 0 Å². The van der Waals surface area contributed by atoms with Gasteiger partial charge in [0.05, 0.1) is 6.10 Å². The van der Waals surface area contributed by atoms with Gasteiger partial charge in [0.25, 0.3) is 0 Å². The fourth-order valence-corrected chi connectivity index (χ4v) is 5.71. The van der Waals surface area contributed by atoms with Crippen LogP contribution < -0.4 is 0 Å². The standard InChI is InChI=1S/C23H24BrNO/c24-20-7-3-6-19-18(20)8-9-23(19)10-12-25(13-11-23)21-14-16-4-1-2-5-17(16)15-22(21)26/h1-9,21-22,26H,10-15H2/t21-,22-/m1/s1. The van der Waals surface area contributed by atoms with E-state index in [9.17, 15) is 5.11 Å². The van der Waals surface area contributed by atoms with E-state index in [2.05, 4.69) is 75.4 Å². The second kappa shape index (κ2) is 6.33. The third kappa shape index (κ3) is 2.60. The van der Waals surface area contributed by atoms with E-state index >= 15 is 0 Å². The highest BCUT2D eigenvalue weighted by Crippen LogP contribution is 2.46. The first kappa shape index (κ1) is 16.7. The summed E-state index contributed by atoms with van der Waals surface area (Å²) in [4.78, 5) is 2.54. The molecule has 1 aliphatic heterocycles. The molecule has 1 fully saturated rings. The molecular weight excluding hydrogens is 386 g/mol. The highest BCUT2D eigenvalue weighted by molar-refractivity contribution is 9.10. The lowest BCUT2D eigenvalue weighted by atomic mass is 9.73. The molecule has 2 aromatic rings. The zero-order valence-electron chi connectivity index (χ0n) is 14.9. The predicted molar refractivity (Wildman–Crippen MR) is 109 cm³/mol. The molecule has 1 N–H and O–H groups in total. The summed E-state index contributed by atoms with van der Waals surface area (Å²) >= 11 is 3.70. The van der Waals surface area contributed by atoms with Crippen LogP contribution in [0.2, 0.25) is 0 Å². The summed E-state index contributed by atoms with van der Waals surface area (Å²) in [6.45, 7) is 2.11. The van der Waals surface area contributed by atoms with Crippen molar-refractivity contribution in [3.05, 3.63) is 75.3 Å². The average molecular weight is 410 g/mol. The number of fused-ring (bicyclic) bond motifs is 3. The van der Waals surface area contributed by atoms with Gasteiger partial charge in [0.1, 0.15) is 0 Å². The third-order valence-electron chi connectivity index (χ3n) is 6.74. The quantitative estimate of drug-likeness (QED) is 0.756. The summed E-state index contributed by atoms with van der Waals surface area (Å²) in [6.07, 6.45) is 8.50. The van der Waals surface area contributed by atoms with Crippen LogP contribution in [0.5, 0.6) is 0 Å². The Bertz CT molecular complexity index is 866. The summed E-state index contributed by atoms with van der Waals surface area (Å²) in [5, 5.41) is 10.8.